The Bertz CT molecular complexity index is 1100. The van der Waals surface area contributed by atoms with E-state index in [9.17, 15) is 35.3 Å². The summed E-state index contributed by atoms with van der Waals surface area (Å²) < 4.78 is 122. The molecule has 0 spiro atoms. The van der Waals surface area contributed by atoms with Crippen LogP contribution >= 0.6 is 0 Å². The lowest BCUT2D eigenvalue weighted by atomic mass is 9.89. The molecule has 2 aliphatic heterocycles. The molecule has 4 rings (SSSR count). The first-order valence-corrected chi connectivity index (χ1v) is 11.1. The summed E-state index contributed by atoms with van der Waals surface area (Å²) in [4.78, 5) is 3.96. The summed E-state index contributed by atoms with van der Waals surface area (Å²) in [6.45, 7) is 2.40. The molecule has 0 saturated carbocycles. The van der Waals surface area contributed by atoms with Gasteiger partial charge >= 0.3 is 12.4 Å². The summed E-state index contributed by atoms with van der Waals surface area (Å²) in [5, 5.41) is 0. The standard InChI is InChI=1S/C21H19F7N2O3S/c1-17(2,3)34(31)30-18(20(23,24)25)9-32-16-13(18)8-14(19(10-33-19)21(26,27)28)29-15(16)11-4-6-12(22)7-5-11/h4-8,30H,9-10H2,1-3H3/t18-,19-,34+/m0/s1. The summed E-state index contributed by atoms with van der Waals surface area (Å²) >= 11 is -2.28. The van der Waals surface area contributed by atoms with Crippen LogP contribution < -0.4 is 9.46 Å². The Hall–Kier alpha value is -2.09. The zero-order valence-corrected chi connectivity index (χ0v) is 18.8. The highest BCUT2D eigenvalue weighted by atomic mass is 32.2. The van der Waals surface area contributed by atoms with Crippen LogP contribution in [0.5, 0.6) is 5.75 Å². The van der Waals surface area contributed by atoms with E-state index in [1.54, 1.807) is 0 Å². The van der Waals surface area contributed by atoms with Crippen LogP contribution in [-0.2, 0) is 27.2 Å². The van der Waals surface area contributed by atoms with E-state index in [0.29, 0.717) is 6.07 Å². The molecule has 1 aromatic carbocycles. The average Bonchev–Trinajstić information content (AvgIpc) is 3.45. The van der Waals surface area contributed by atoms with Gasteiger partial charge in [0, 0.05) is 22.5 Å². The topological polar surface area (TPSA) is 69.7 Å². The van der Waals surface area contributed by atoms with Gasteiger partial charge in [-0.1, -0.05) is 0 Å². The second-order valence-electron chi connectivity index (χ2n) is 9.03. The van der Waals surface area contributed by atoms with Crippen molar-refractivity contribution in [1.82, 2.24) is 9.71 Å². The lowest BCUT2D eigenvalue weighted by Gasteiger charge is -2.35. The molecule has 34 heavy (non-hydrogen) atoms. The van der Waals surface area contributed by atoms with Gasteiger partial charge in [-0.15, -0.1) is 4.72 Å². The zero-order chi connectivity index (χ0) is 25.3. The smallest absolute Gasteiger partial charge is 0.425 e. The van der Waals surface area contributed by atoms with Crippen LogP contribution in [0.4, 0.5) is 30.7 Å². The molecule has 1 fully saturated rings. The first-order valence-electron chi connectivity index (χ1n) is 9.94. The van der Waals surface area contributed by atoms with Gasteiger partial charge < -0.3 is 14.0 Å². The van der Waals surface area contributed by atoms with Crippen LogP contribution in [-0.4, -0.2) is 39.9 Å². The molecule has 1 aromatic heterocycles. The van der Waals surface area contributed by atoms with Crippen molar-refractivity contribution >= 4 is 11.4 Å². The van der Waals surface area contributed by atoms with Crippen molar-refractivity contribution in [2.24, 2.45) is 0 Å². The summed E-state index contributed by atoms with van der Waals surface area (Å²) in [6, 6.07) is 4.93. The Morgan fingerprint density at radius 1 is 1.00 bits per heavy atom. The molecule has 13 heteroatoms. The number of alkyl halides is 6. The fourth-order valence-electron chi connectivity index (χ4n) is 3.48. The predicted octanol–water partition coefficient (Wildman–Crippen LogP) is 4.88. The van der Waals surface area contributed by atoms with E-state index in [1.165, 1.54) is 20.8 Å². The molecular formula is C21H19F7N2O3S. The van der Waals surface area contributed by atoms with Crippen LogP contribution in [0.15, 0.2) is 30.3 Å². The summed E-state index contributed by atoms with van der Waals surface area (Å²) in [5.41, 5.74) is -7.80. The van der Waals surface area contributed by atoms with Crippen LogP contribution in [0.2, 0.25) is 0 Å². The second kappa shape index (κ2) is 7.70. The maximum atomic E-state index is 14.5. The number of pyridine rings is 1. The summed E-state index contributed by atoms with van der Waals surface area (Å²) in [5.74, 6) is -1.11. The van der Waals surface area contributed by atoms with Crippen molar-refractivity contribution in [3.63, 3.8) is 0 Å². The van der Waals surface area contributed by atoms with Gasteiger partial charge in [-0.25, -0.2) is 9.37 Å². The lowest BCUT2D eigenvalue weighted by Crippen LogP contribution is -2.60. The number of nitrogens with zero attached hydrogens (tertiary/aromatic N) is 1. The normalized spacial score (nSPS) is 25.6. The van der Waals surface area contributed by atoms with Gasteiger partial charge in [0.1, 0.15) is 22.9 Å². The van der Waals surface area contributed by atoms with Gasteiger partial charge in [-0.05, 0) is 51.1 Å². The Balaban J connectivity index is 1.98. The SMILES string of the molecule is CC(C)(C)[S@@+]([O-])N[C@@]1(C(F)(F)F)COc2c1cc([C@]1(C(F)(F)F)CO1)nc2-c1ccc(F)cc1. The monoisotopic (exact) mass is 512 g/mol. The van der Waals surface area contributed by atoms with Gasteiger partial charge in [-0.3, -0.25) is 0 Å². The molecule has 0 bridgehead atoms. The van der Waals surface area contributed by atoms with E-state index < -0.39 is 75.6 Å². The largest absolute Gasteiger partial charge is 0.598 e. The molecule has 1 saturated heterocycles. The van der Waals surface area contributed by atoms with Gasteiger partial charge in [0.2, 0.25) is 11.1 Å². The first kappa shape index (κ1) is 25.0. The number of epoxide rings is 1. The Morgan fingerprint density at radius 3 is 2.06 bits per heavy atom. The molecule has 0 radical (unpaired) electrons. The van der Waals surface area contributed by atoms with Crippen molar-refractivity contribution in [3.05, 3.63) is 47.4 Å². The first-order chi connectivity index (χ1) is 15.5. The zero-order valence-electron chi connectivity index (χ0n) is 18.0. The number of benzene rings is 1. The minimum absolute atomic E-state index is 0.0346. The van der Waals surface area contributed by atoms with E-state index in [2.05, 4.69) is 14.4 Å². The average molecular weight is 512 g/mol. The van der Waals surface area contributed by atoms with Crippen LogP contribution in [0, 0.1) is 5.82 Å². The number of halogens is 7. The fourth-order valence-corrected chi connectivity index (χ4v) is 4.39. The van der Waals surface area contributed by atoms with Crippen molar-refractivity contribution in [3.8, 4) is 17.0 Å². The number of nitrogens with one attached hydrogen (secondary N) is 1. The highest BCUT2D eigenvalue weighted by Gasteiger charge is 2.70. The lowest BCUT2D eigenvalue weighted by molar-refractivity contribution is -0.196. The second-order valence-corrected chi connectivity index (χ2v) is 11.0. The van der Waals surface area contributed by atoms with Crippen molar-refractivity contribution in [2.75, 3.05) is 13.2 Å². The van der Waals surface area contributed by atoms with E-state index in [4.69, 9.17) is 4.74 Å². The van der Waals surface area contributed by atoms with Gasteiger partial charge in [-0.2, -0.15) is 26.3 Å². The molecular weight excluding hydrogens is 493 g/mol. The quantitative estimate of drug-likeness (QED) is 0.360. The summed E-state index contributed by atoms with van der Waals surface area (Å²) in [7, 11) is 0. The number of hydrogen-bond acceptors (Lipinski definition) is 5. The molecule has 0 unspecified atom stereocenters. The highest BCUT2D eigenvalue weighted by molar-refractivity contribution is 7.90. The third-order valence-corrected chi connectivity index (χ3v) is 7.24. The van der Waals surface area contributed by atoms with E-state index in [1.807, 2.05) is 0 Å². The number of hydrogen-bond donors (Lipinski definition) is 1. The number of rotatable bonds is 4. The molecule has 5 nitrogen and oxygen atoms in total. The molecule has 0 aliphatic carbocycles. The Morgan fingerprint density at radius 2 is 1.59 bits per heavy atom. The third-order valence-electron chi connectivity index (χ3n) is 5.60. The molecule has 0 amide bonds. The van der Waals surface area contributed by atoms with Crippen molar-refractivity contribution in [2.45, 2.75) is 49.0 Å². The Labute approximate surface area is 193 Å². The molecule has 3 atom stereocenters. The number of fused-ring (bicyclic) bond motifs is 1. The Kier molecular flexibility index (Phi) is 5.67. The molecule has 2 aromatic rings. The van der Waals surface area contributed by atoms with Crippen LogP contribution in [0.3, 0.4) is 0 Å². The molecule has 1 N–H and O–H groups in total. The van der Waals surface area contributed by atoms with Crippen LogP contribution in [0.1, 0.15) is 32.0 Å². The van der Waals surface area contributed by atoms with Gasteiger partial charge in [0.15, 0.2) is 5.75 Å². The molecule has 2 aliphatic rings. The van der Waals surface area contributed by atoms with Gasteiger partial charge in [0.05, 0.1) is 12.3 Å². The van der Waals surface area contributed by atoms with Gasteiger partial charge in [0.25, 0.3) is 0 Å². The molecule has 3 heterocycles. The van der Waals surface area contributed by atoms with E-state index in [-0.39, 0.29) is 11.3 Å². The van der Waals surface area contributed by atoms with Crippen molar-refractivity contribution < 1.29 is 44.8 Å². The maximum Gasteiger partial charge on any atom is 0.425 e. The van der Waals surface area contributed by atoms with E-state index >= 15 is 0 Å². The minimum Gasteiger partial charge on any atom is -0.598 e. The summed E-state index contributed by atoms with van der Waals surface area (Å²) in [6.07, 6.45) is -10.1. The number of aromatic nitrogens is 1. The molecule has 186 valence electrons. The third kappa shape index (κ3) is 3.91. The van der Waals surface area contributed by atoms with Crippen molar-refractivity contribution in [1.29, 1.82) is 0 Å². The maximum absolute atomic E-state index is 14.5. The minimum atomic E-state index is -5.12. The highest BCUT2D eigenvalue weighted by Crippen LogP contribution is 2.56. The predicted molar refractivity (Wildman–Crippen MR) is 108 cm³/mol. The van der Waals surface area contributed by atoms with E-state index in [0.717, 1.165) is 24.3 Å². The fraction of sp³-hybridized carbons (Fsp3) is 0.476. The van der Waals surface area contributed by atoms with Crippen LogP contribution in [0.25, 0.3) is 11.3 Å². The number of ether oxygens (including phenoxy) is 2.